The number of carbonyl (C=O) groups is 1. The maximum Gasteiger partial charge on any atom is 0.306 e. The molecule has 0 aromatic heterocycles. The zero-order valence-electron chi connectivity index (χ0n) is 34.2. The van der Waals surface area contributed by atoms with Gasteiger partial charge >= 0.3 is 5.97 Å². The first-order valence-corrected chi connectivity index (χ1v) is 22.1. The van der Waals surface area contributed by atoms with Crippen molar-refractivity contribution in [2.75, 3.05) is 0 Å². The summed E-state index contributed by atoms with van der Waals surface area (Å²) in [5.41, 5.74) is 3.19. The van der Waals surface area contributed by atoms with E-state index in [1.54, 1.807) is 0 Å². The molecule has 5 aliphatic rings. The molecule has 0 N–H and O–H groups in total. The van der Waals surface area contributed by atoms with Gasteiger partial charge in [0.1, 0.15) is 6.10 Å². The predicted octanol–water partition coefficient (Wildman–Crippen LogP) is 14.4. The second-order valence-electron chi connectivity index (χ2n) is 20.5. The average molecular weight is 679 g/mol. The Morgan fingerprint density at radius 3 is 1.82 bits per heavy atom. The minimum atomic E-state index is 0.0406. The van der Waals surface area contributed by atoms with Crippen LogP contribution in [0.3, 0.4) is 0 Å². The van der Waals surface area contributed by atoms with Gasteiger partial charge in [-0.3, -0.25) is 4.79 Å². The zero-order chi connectivity index (χ0) is 35.5. The second-order valence-corrected chi connectivity index (χ2v) is 20.5. The zero-order valence-corrected chi connectivity index (χ0v) is 34.2. The molecule has 5 saturated carbocycles. The van der Waals surface area contributed by atoms with Crippen LogP contribution in [0.15, 0.2) is 12.2 Å². The van der Waals surface area contributed by atoms with E-state index in [-0.39, 0.29) is 17.5 Å². The van der Waals surface area contributed by atoms with Crippen LogP contribution in [-0.2, 0) is 9.53 Å². The number of esters is 1. The summed E-state index contributed by atoms with van der Waals surface area (Å²) in [4.78, 5) is 13.2. The summed E-state index contributed by atoms with van der Waals surface area (Å²) in [6.07, 6.45) is 32.9. The lowest BCUT2D eigenvalue weighted by molar-refractivity contribution is -0.249. The molecular weight excluding hydrogens is 597 g/mol. The molecule has 10 atom stereocenters. The molecule has 0 radical (unpaired) electrons. The lowest BCUT2D eigenvalue weighted by Gasteiger charge is -2.73. The van der Waals surface area contributed by atoms with Crippen LogP contribution in [0.2, 0.25) is 0 Å². The largest absolute Gasteiger partial charge is 0.462 e. The molecule has 5 fully saturated rings. The first kappa shape index (κ1) is 39.4. The SMILES string of the molecule is C=C(C)[C@@H]1CC[C@]2(C)CC[C@]3(C)[C@H](CC[C@@H]4[C@@]5(C)CC[C@H](OC(=O)CCCCCCCCCCCCCCCC)C(C)(C)[C@@H]5CC[C@]43C)[C@@H]12. The normalized spacial score (nSPS) is 40.9. The first-order valence-electron chi connectivity index (χ1n) is 22.1. The maximum atomic E-state index is 13.2. The molecule has 2 heteroatoms. The molecule has 0 amide bonds. The van der Waals surface area contributed by atoms with Gasteiger partial charge in [0.05, 0.1) is 0 Å². The molecule has 0 bridgehead atoms. The van der Waals surface area contributed by atoms with E-state index in [2.05, 4.69) is 62.0 Å². The molecule has 0 heterocycles. The minimum absolute atomic E-state index is 0.0406. The van der Waals surface area contributed by atoms with E-state index in [0.717, 1.165) is 36.5 Å². The predicted molar refractivity (Wildman–Crippen MR) is 209 cm³/mol. The van der Waals surface area contributed by atoms with E-state index in [1.165, 1.54) is 147 Å². The molecule has 0 unspecified atom stereocenters. The van der Waals surface area contributed by atoms with Crippen LogP contribution < -0.4 is 0 Å². The van der Waals surface area contributed by atoms with Crippen molar-refractivity contribution < 1.29 is 9.53 Å². The Hall–Kier alpha value is -0.790. The van der Waals surface area contributed by atoms with Crippen molar-refractivity contribution >= 4 is 5.97 Å². The molecule has 0 aromatic rings. The molecule has 2 nitrogen and oxygen atoms in total. The quantitative estimate of drug-likeness (QED) is 0.0869. The van der Waals surface area contributed by atoms with Gasteiger partial charge in [0.15, 0.2) is 0 Å². The van der Waals surface area contributed by atoms with Gasteiger partial charge < -0.3 is 4.74 Å². The van der Waals surface area contributed by atoms with Gasteiger partial charge in [0, 0.05) is 11.8 Å². The topological polar surface area (TPSA) is 26.3 Å². The smallest absolute Gasteiger partial charge is 0.306 e. The number of fused-ring (bicyclic) bond motifs is 7. The highest BCUT2D eigenvalue weighted by Gasteiger charge is 2.70. The molecular formula is C47H82O2. The first-order chi connectivity index (χ1) is 23.2. The van der Waals surface area contributed by atoms with Crippen molar-refractivity contribution in [1.29, 1.82) is 0 Å². The van der Waals surface area contributed by atoms with Crippen LogP contribution in [-0.4, -0.2) is 12.1 Å². The van der Waals surface area contributed by atoms with Crippen molar-refractivity contribution in [1.82, 2.24) is 0 Å². The van der Waals surface area contributed by atoms with Gasteiger partial charge in [0.25, 0.3) is 0 Å². The molecule has 49 heavy (non-hydrogen) atoms. The van der Waals surface area contributed by atoms with E-state index >= 15 is 0 Å². The second kappa shape index (κ2) is 16.1. The van der Waals surface area contributed by atoms with Gasteiger partial charge in [-0.1, -0.05) is 144 Å². The number of unbranched alkanes of at least 4 members (excludes halogenated alkanes) is 13. The van der Waals surface area contributed by atoms with E-state index in [0.29, 0.717) is 34.0 Å². The Morgan fingerprint density at radius 1 is 0.633 bits per heavy atom. The fourth-order valence-corrected chi connectivity index (χ4v) is 14.4. The van der Waals surface area contributed by atoms with E-state index in [9.17, 15) is 4.79 Å². The standard InChI is InChI=1S/C47H82O2/c1-10-11-12-13-14-15-16-17-18-19-20-21-22-23-24-41(48)49-40-29-31-45(7)38(43(40,4)5)28-32-47(9)39(45)26-25-37-42-36(35(2)3)27-30-44(42,6)33-34-46(37,47)8/h36-40,42H,2,10-34H2,1,3-9H3/t36-,37+,38-,39+,40-,42+,44+,45-,46+,47+/m0/s1. The monoisotopic (exact) mass is 679 g/mol. The number of rotatable bonds is 17. The highest BCUT2D eigenvalue weighted by molar-refractivity contribution is 5.69. The minimum Gasteiger partial charge on any atom is -0.462 e. The molecule has 0 aromatic carbocycles. The number of hydrogen-bond donors (Lipinski definition) is 0. The molecule has 5 rings (SSSR count). The number of ether oxygens (including phenoxy) is 1. The maximum absolute atomic E-state index is 13.2. The van der Waals surface area contributed by atoms with Crippen LogP contribution in [0, 0.1) is 56.7 Å². The third-order valence-corrected chi connectivity index (χ3v) is 17.4. The molecule has 5 aliphatic carbocycles. The summed E-state index contributed by atoms with van der Waals surface area (Å²) in [5, 5.41) is 0. The van der Waals surface area contributed by atoms with Gasteiger partial charge in [-0.15, -0.1) is 0 Å². The lowest BCUT2D eigenvalue weighted by Crippen LogP contribution is -2.66. The lowest BCUT2D eigenvalue weighted by atomic mass is 9.32. The van der Waals surface area contributed by atoms with Crippen molar-refractivity contribution in [3.05, 3.63) is 12.2 Å². The summed E-state index contributed by atoms with van der Waals surface area (Å²) in [6, 6.07) is 0. The summed E-state index contributed by atoms with van der Waals surface area (Å²) in [6.45, 7) is 25.0. The van der Waals surface area contributed by atoms with E-state index in [1.807, 2.05) is 0 Å². The van der Waals surface area contributed by atoms with Crippen molar-refractivity contribution in [2.24, 2.45) is 56.7 Å². The van der Waals surface area contributed by atoms with E-state index < -0.39 is 0 Å². The molecule has 0 saturated heterocycles. The Kier molecular flexibility index (Phi) is 12.9. The van der Waals surface area contributed by atoms with Crippen LogP contribution in [0.4, 0.5) is 0 Å². The van der Waals surface area contributed by atoms with Crippen LogP contribution >= 0.6 is 0 Å². The summed E-state index contributed by atoms with van der Waals surface area (Å²) < 4.78 is 6.43. The van der Waals surface area contributed by atoms with Crippen LogP contribution in [0.25, 0.3) is 0 Å². The fraction of sp³-hybridized carbons (Fsp3) is 0.936. The Bertz CT molecular complexity index is 1110. The van der Waals surface area contributed by atoms with Crippen molar-refractivity contribution in [3.8, 4) is 0 Å². The Morgan fingerprint density at radius 2 is 1.22 bits per heavy atom. The Balaban J connectivity index is 1.08. The summed E-state index contributed by atoms with van der Waals surface area (Å²) in [7, 11) is 0. The molecule has 0 aliphatic heterocycles. The van der Waals surface area contributed by atoms with Crippen molar-refractivity contribution in [3.63, 3.8) is 0 Å². The number of carbonyl (C=O) groups excluding carboxylic acids is 1. The summed E-state index contributed by atoms with van der Waals surface area (Å²) >= 11 is 0. The van der Waals surface area contributed by atoms with Crippen LogP contribution in [0.1, 0.15) is 216 Å². The number of hydrogen-bond acceptors (Lipinski definition) is 2. The average Bonchev–Trinajstić information content (AvgIpc) is 3.41. The van der Waals surface area contributed by atoms with Gasteiger partial charge in [-0.2, -0.15) is 0 Å². The highest BCUT2D eigenvalue weighted by atomic mass is 16.5. The Labute approximate surface area is 305 Å². The third-order valence-electron chi connectivity index (χ3n) is 17.4. The molecule has 0 spiro atoms. The third kappa shape index (κ3) is 7.66. The van der Waals surface area contributed by atoms with Crippen LogP contribution in [0.5, 0.6) is 0 Å². The van der Waals surface area contributed by atoms with E-state index in [4.69, 9.17) is 4.74 Å². The van der Waals surface area contributed by atoms with Gasteiger partial charge in [-0.05, 0) is 129 Å². The van der Waals surface area contributed by atoms with Crippen molar-refractivity contribution in [2.45, 2.75) is 222 Å². The summed E-state index contributed by atoms with van der Waals surface area (Å²) in [5.74, 6) is 3.89. The number of allylic oxidation sites excluding steroid dienone is 1. The fourth-order valence-electron chi connectivity index (χ4n) is 14.4. The van der Waals surface area contributed by atoms with Gasteiger partial charge in [-0.25, -0.2) is 0 Å². The highest BCUT2D eigenvalue weighted by Crippen LogP contribution is 2.77. The van der Waals surface area contributed by atoms with Gasteiger partial charge in [0.2, 0.25) is 0 Å². The molecule has 282 valence electrons.